The number of likely N-dealkylation sites (tertiary alicyclic amines) is 1. The zero-order valence-corrected chi connectivity index (χ0v) is 23.7. The van der Waals surface area contributed by atoms with Gasteiger partial charge >= 0.3 is 0 Å². The van der Waals surface area contributed by atoms with Crippen LogP contribution in [-0.4, -0.2) is 45.3 Å². The highest BCUT2D eigenvalue weighted by atomic mass is 16.5. The lowest BCUT2D eigenvalue weighted by molar-refractivity contribution is 0.169. The lowest BCUT2D eigenvalue weighted by atomic mass is 9.84. The van der Waals surface area contributed by atoms with E-state index in [1.165, 1.54) is 6.42 Å². The predicted molar refractivity (Wildman–Crippen MR) is 159 cm³/mol. The van der Waals surface area contributed by atoms with Crippen LogP contribution in [0.5, 0.6) is 17.2 Å². The van der Waals surface area contributed by atoms with Gasteiger partial charge in [-0.3, -0.25) is 4.90 Å². The van der Waals surface area contributed by atoms with Gasteiger partial charge in [0.15, 0.2) is 0 Å². The lowest BCUT2D eigenvalue weighted by Gasteiger charge is -2.32. The van der Waals surface area contributed by atoms with E-state index in [1.807, 2.05) is 35.3 Å². The van der Waals surface area contributed by atoms with Crippen LogP contribution in [0.4, 0.5) is 0 Å². The Morgan fingerprint density at radius 1 is 1.07 bits per heavy atom. The molecule has 3 unspecified atom stereocenters. The number of hydrogen-bond acceptors (Lipinski definition) is 5. The minimum Gasteiger partial charge on any atom is -0.508 e. The van der Waals surface area contributed by atoms with Crippen molar-refractivity contribution in [3.8, 4) is 22.9 Å². The van der Waals surface area contributed by atoms with Crippen molar-refractivity contribution in [2.24, 2.45) is 5.92 Å². The molecule has 2 aliphatic rings. The number of rotatable bonds is 7. The molecule has 1 fully saturated rings. The second-order valence-electron chi connectivity index (χ2n) is 11.3. The molecular weight excluding hydrogens is 498 g/mol. The normalized spacial score (nSPS) is 19.8. The smallest absolute Gasteiger partial charge is 0.150 e. The van der Waals surface area contributed by atoms with E-state index in [9.17, 15) is 5.11 Å². The standard InChI is InChI=1S/C34H37N3O3/c1-22-14-16-36(19-22)23(2)20-39-28-11-8-26(9-12-28)34-33(25(4)30-18-27(38)10-13-32(30)40-34)29-6-5-7-31(24(29)3)37-17-15-35-21-37/h5-13,15,17-18,21-23,34,38H,14,16,19-20H2,1-4H3. The number of hydrogen-bond donors (Lipinski definition) is 1. The van der Waals surface area contributed by atoms with Crippen LogP contribution in [-0.2, 0) is 0 Å². The molecule has 4 aromatic rings. The average Bonchev–Trinajstić information content (AvgIpc) is 3.65. The van der Waals surface area contributed by atoms with Crippen molar-refractivity contribution in [3.05, 3.63) is 102 Å². The summed E-state index contributed by atoms with van der Waals surface area (Å²) >= 11 is 0. The van der Waals surface area contributed by atoms with Crippen LogP contribution in [0.25, 0.3) is 16.8 Å². The number of allylic oxidation sites excluding steroid dienone is 1. The Kier molecular flexibility index (Phi) is 7.11. The predicted octanol–water partition coefficient (Wildman–Crippen LogP) is 7.06. The summed E-state index contributed by atoms with van der Waals surface area (Å²) in [6, 6.07) is 20.3. The zero-order valence-electron chi connectivity index (χ0n) is 23.7. The van der Waals surface area contributed by atoms with Gasteiger partial charge in [-0.15, -0.1) is 0 Å². The number of aromatic hydroxyl groups is 1. The Balaban J connectivity index is 1.33. The molecule has 206 valence electrons. The third-order valence-electron chi connectivity index (χ3n) is 8.41. The number of aromatic nitrogens is 2. The summed E-state index contributed by atoms with van der Waals surface area (Å²) in [6.07, 6.45) is 6.52. The van der Waals surface area contributed by atoms with Gasteiger partial charge in [0.05, 0.1) is 6.33 Å². The van der Waals surface area contributed by atoms with Gasteiger partial charge in [-0.1, -0.05) is 31.2 Å². The Morgan fingerprint density at radius 3 is 2.62 bits per heavy atom. The minimum absolute atomic E-state index is 0.225. The summed E-state index contributed by atoms with van der Waals surface area (Å²) in [5.74, 6) is 2.62. The van der Waals surface area contributed by atoms with Crippen LogP contribution in [0.3, 0.4) is 0 Å². The molecule has 0 aliphatic carbocycles. The summed E-state index contributed by atoms with van der Waals surface area (Å²) in [6.45, 7) is 11.8. The number of ether oxygens (including phenoxy) is 2. The van der Waals surface area contributed by atoms with E-state index < -0.39 is 0 Å². The minimum atomic E-state index is -0.312. The van der Waals surface area contributed by atoms with E-state index in [0.29, 0.717) is 12.6 Å². The van der Waals surface area contributed by atoms with E-state index in [4.69, 9.17) is 9.47 Å². The number of benzene rings is 3. The topological polar surface area (TPSA) is 59.8 Å². The Morgan fingerprint density at radius 2 is 1.90 bits per heavy atom. The molecule has 0 radical (unpaired) electrons. The highest BCUT2D eigenvalue weighted by molar-refractivity contribution is 5.96. The molecule has 0 bridgehead atoms. The van der Waals surface area contributed by atoms with Crippen LogP contribution in [0.1, 0.15) is 55.5 Å². The molecule has 6 heteroatoms. The first kappa shape index (κ1) is 26.2. The first-order chi connectivity index (χ1) is 19.4. The molecule has 2 aliphatic heterocycles. The first-order valence-electron chi connectivity index (χ1n) is 14.1. The number of phenols is 1. The molecule has 3 atom stereocenters. The molecule has 6 rings (SSSR count). The highest BCUT2D eigenvalue weighted by Crippen LogP contribution is 2.48. The molecule has 40 heavy (non-hydrogen) atoms. The largest absolute Gasteiger partial charge is 0.508 e. The first-order valence-corrected chi connectivity index (χ1v) is 14.1. The van der Waals surface area contributed by atoms with E-state index in [2.05, 4.69) is 67.9 Å². The fraction of sp³-hybridized carbons (Fsp3) is 0.324. The number of phenolic OH excluding ortho intramolecular Hbond substituents is 1. The van der Waals surface area contributed by atoms with E-state index in [1.54, 1.807) is 18.3 Å². The van der Waals surface area contributed by atoms with E-state index >= 15 is 0 Å². The van der Waals surface area contributed by atoms with Crippen molar-refractivity contribution >= 4 is 11.1 Å². The van der Waals surface area contributed by atoms with Crippen LogP contribution >= 0.6 is 0 Å². The maximum Gasteiger partial charge on any atom is 0.150 e. The molecule has 1 N–H and O–H groups in total. The second-order valence-corrected chi connectivity index (χ2v) is 11.3. The summed E-state index contributed by atoms with van der Waals surface area (Å²) in [5, 5.41) is 10.3. The van der Waals surface area contributed by atoms with Gasteiger partial charge in [0.1, 0.15) is 30.0 Å². The fourth-order valence-electron chi connectivity index (χ4n) is 6.05. The summed E-state index contributed by atoms with van der Waals surface area (Å²) in [5.41, 5.74) is 7.44. The van der Waals surface area contributed by atoms with Gasteiger partial charge in [0, 0.05) is 41.8 Å². The highest BCUT2D eigenvalue weighted by Gasteiger charge is 2.31. The molecule has 0 amide bonds. The number of nitrogens with zero attached hydrogens (tertiary/aromatic N) is 3. The number of imidazole rings is 1. The summed E-state index contributed by atoms with van der Waals surface area (Å²) in [4.78, 5) is 6.76. The van der Waals surface area contributed by atoms with Crippen molar-refractivity contribution in [3.63, 3.8) is 0 Å². The third kappa shape index (κ3) is 5.00. The van der Waals surface area contributed by atoms with Crippen molar-refractivity contribution in [1.29, 1.82) is 0 Å². The quantitative estimate of drug-likeness (QED) is 0.275. The van der Waals surface area contributed by atoms with E-state index in [0.717, 1.165) is 69.6 Å². The van der Waals surface area contributed by atoms with Gasteiger partial charge in [0.25, 0.3) is 0 Å². The van der Waals surface area contributed by atoms with Crippen LogP contribution in [0.15, 0.2) is 79.4 Å². The Labute approximate surface area is 236 Å². The van der Waals surface area contributed by atoms with Gasteiger partial charge in [0.2, 0.25) is 0 Å². The zero-order chi connectivity index (χ0) is 27.8. The second kappa shape index (κ2) is 10.9. The maximum atomic E-state index is 10.3. The van der Waals surface area contributed by atoms with Crippen LogP contribution < -0.4 is 9.47 Å². The molecule has 1 aromatic heterocycles. The molecule has 0 spiro atoms. The van der Waals surface area contributed by atoms with Gasteiger partial charge in [-0.05, 0) is 98.3 Å². The Hall–Kier alpha value is -4.03. The van der Waals surface area contributed by atoms with Crippen LogP contribution in [0.2, 0.25) is 0 Å². The molecule has 3 heterocycles. The van der Waals surface area contributed by atoms with Gasteiger partial charge in [-0.25, -0.2) is 4.98 Å². The van der Waals surface area contributed by atoms with Gasteiger partial charge < -0.3 is 19.1 Å². The van der Waals surface area contributed by atoms with Crippen LogP contribution in [0, 0.1) is 12.8 Å². The summed E-state index contributed by atoms with van der Waals surface area (Å²) < 4.78 is 14.9. The Bertz CT molecular complexity index is 1520. The third-order valence-corrected chi connectivity index (χ3v) is 8.41. The van der Waals surface area contributed by atoms with Gasteiger partial charge in [-0.2, -0.15) is 0 Å². The lowest BCUT2D eigenvalue weighted by Crippen LogP contribution is -2.35. The van der Waals surface area contributed by atoms with Crippen molar-refractivity contribution in [2.75, 3.05) is 19.7 Å². The average molecular weight is 536 g/mol. The van der Waals surface area contributed by atoms with Crippen molar-refractivity contribution in [1.82, 2.24) is 14.5 Å². The maximum absolute atomic E-state index is 10.3. The molecule has 0 saturated carbocycles. The van der Waals surface area contributed by atoms with Crippen molar-refractivity contribution < 1.29 is 14.6 Å². The fourth-order valence-corrected chi connectivity index (χ4v) is 6.05. The number of fused-ring (bicyclic) bond motifs is 1. The SMILES string of the molecule is CC1=C(c2cccc(-n3ccnc3)c2C)C(c2ccc(OCC(C)N3CCC(C)C3)cc2)Oc2ccc(O)cc21. The summed E-state index contributed by atoms with van der Waals surface area (Å²) in [7, 11) is 0. The molecule has 6 nitrogen and oxygen atoms in total. The molecule has 3 aromatic carbocycles. The van der Waals surface area contributed by atoms with Crippen molar-refractivity contribution in [2.45, 2.75) is 46.3 Å². The molecular formula is C34H37N3O3. The molecule has 1 saturated heterocycles. The monoisotopic (exact) mass is 535 g/mol. The van der Waals surface area contributed by atoms with E-state index in [-0.39, 0.29) is 11.9 Å².